The van der Waals surface area contributed by atoms with Crippen LogP contribution in [-0.2, 0) is 16.2 Å². The smallest absolute Gasteiger partial charge is 0.417 e. The first-order valence-electron chi connectivity index (χ1n) is 11.7. The second kappa shape index (κ2) is 9.89. The van der Waals surface area contributed by atoms with Crippen molar-refractivity contribution >= 4 is 26.9 Å². The molecular formula is C25H24F3N5O4S. The molecule has 3 N–H and O–H groups in total. The van der Waals surface area contributed by atoms with Gasteiger partial charge in [0.1, 0.15) is 17.2 Å². The SMILES string of the molecule is COc1c(-c2ccc(S(=O)(=O)N3CC[C@@H](Nc4ccc(C(F)(F)F)cn4)[C@@H](O)C3)cc2)cnc2[nH]ccc12. The molecule has 1 fully saturated rings. The van der Waals surface area contributed by atoms with Crippen molar-refractivity contribution in [2.45, 2.75) is 29.6 Å². The number of alkyl halides is 3. The Labute approximate surface area is 216 Å². The van der Waals surface area contributed by atoms with Crippen molar-refractivity contribution in [1.82, 2.24) is 19.3 Å². The molecule has 1 aliphatic heterocycles. The van der Waals surface area contributed by atoms with Crippen LogP contribution in [0.3, 0.4) is 0 Å². The van der Waals surface area contributed by atoms with Crippen LogP contribution in [0.4, 0.5) is 19.0 Å². The Bertz CT molecular complexity index is 1540. The zero-order valence-electron chi connectivity index (χ0n) is 20.1. The highest BCUT2D eigenvalue weighted by Crippen LogP contribution is 2.36. The lowest BCUT2D eigenvalue weighted by Gasteiger charge is -2.35. The normalized spacial score (nSPS) is 19.0. The third-order valence-corrected chi connectivity index (χ3v) is 8.39. The lowest BCUT2D eigenvalue weighted by atomic mass is 10.0. The van der Waals surface area contributed by atoms with Crippen molar-refractivity contribution in [2.75, 3.05) is 25.5 Å². The summed E-state index contributed by atoms with van der Waals surface area (Å²) in [5.41, 5.74) is 1.23. The van der Waals surface area contributed by atoms with Crippen molar-refractivity contribution in [3.8, 4) is 16.9 Å². The number of methoxy groups -OCH3 is 1. The number of anilines is 1. The number of aromatic amines is 1. The first kappa shape index (κ1) is 25.9. The number of benzene rings is 1. The molecule has 3 aromatic heterocycles. The number of rotatable bonds is 6. The van der Waals surface area contributed by atoms with E-state index in [-0.39, 0.29) is 30.2 Å². The van der Waals surface area contributed by atoms with Crippen LogP contribution in [0.5, 0.6) is 5.75 Å². The van der Waals surface area contributed by atoms with Gasteiger partial charge < -0.3 is 20.1 Å². The number of piperidine rings is 1. The summed E-state index contributed by atoms with van der Waals surface area (Å²) in [6.45, 7) is -0.0639. The van der Waals surface area contributed by atoms with E-state index in [1.54, 1.807) is 31.6 Å². The Morgan fingerprint density at radius 3 is 2.50 bits per heavy atom. The molecule has 0 radical (unpaired) electrons. The van der Waals surface area contributed by atoms with E-state index in [1.165, 1.54) is 22.5 Å². The Morgan fingerprint density at radius 1 is 1.11 bits per heavy atom. The standard InChI is InChI=1S/C25H24F3N5O4S/c1-37-23-18-8-10-29-24(18)31-13-19(23)15-2-5-17(6-3-15)38(35,36)33-11-9-20(21(34)14-33)32-22-7-4-16(12-30-22)25(26,27)28/h2-8,10,12-13,20-21,34H,9,11,14H2,1H3,(H,29,31)(H,30,32)/t20-,21+/m1/s1. The third-order valence-electron chi connectivity index (χ3n) is 6.51. The molecule has 4 aromatic rings. The molecule has 0 amide bonds. The molecular weight excluding hydrogens is 523 g/mol. The van der Waals surface area contributed by atoms with Crippen LogP contribution in [0.25, 0.3) is 22.2 Å². The lowest BCUT2D eigenvalue weighted by molar-refractivity contribution is -0.137. The van der Waals surface area contributed by atoms with Crippen LogP contribution in [0.2, 0.25) is 0 Å². The number of β-amino-alcohol motifs (C(OH)–C–C–N with tert-alkyl or cyclic N) is 1. The van der Waals surface area contributed by atoms with Crippen LogP contribution >= 0.6 is 0 Å². The second-order valence-corrected chi connectivity index (χ2v) is 10.8. The van der Waals surface area contributed by atoms with Gasteiger partial charge in [-0.05, 0) is 42.3 Å². The third kappa shape index (κ3) is 4.91. The quantitative estimate of drug-likeness (QED) is 0.335. The van der Waals surface area contributed by atoms with Crippen LogP contribution < -0.4 is 10.1 Å². The molecule has 0 aliphatic carbocycles. The first-order valence-corrected chi connectivity index (χ1v) is 13.1. The molecule has 4 heterocycles. The van der Waals surface area contributed by atoms with E-state index >= 15 is 0 Å². The average molecular weight is 548 g/mol. The van der Waals surface area contributed by atoms with Crippen molar-refractivity contribution in [3.05, 3.63) is 66.6 Å². The average Bonchev–Trinajstić information content (AvgIpc) is 3.38. The minimum Gasteiger partial charge on any atom is -0.495 e. The maximum atomic E-state index is 13.3. The number of aromatic nitrogens is 3. The monoisotopic (exact) mass is 547 g/mol. The van der Waals surface area contributed by atoms with E-state index in [1.807, 2.05) is 6.07 Å². The van der Waals surface area contributed by atoms with Gasteiger partial charge in [0.05, 0.1) is 35.1 Å². The first-order chi connectivity index (χ1) is 18.1. The van der Waals surface area contributed by atoms with Crippen LogP contribution in [0.1, 0.15) is 12.0 Å². The summed E-state index contributed by atoms with van der Waals surface area (Å²) in [5.74, 6) is 0.781. The molecule has 1 saturated heterocycles. The fraction of sp³-hybridized carbons (Fsp3) is 0.280. The molecule has 0 bridgehead atoms. The highest BCUT2D eigenvalue weighted by molar-refractivity contribution is 7.89. The van der Waals surface area contributed by atoms with Gasteiger partial charge in [-0.15, -0.1) is 0 Å². The second-order valence-electron chi connectivity index (χ2n) is 8.87. The molecule has 0 unspecified atom stereocenters. The Kier molecular flexibility index (Phi) is 6.75. The van der Waals surface area contributed by atoms with Gasteiger partial charge in [0.2, 0.25) is 10.0 Å². The van der Waals surface area contributed by atoms with Gasteiger partial charge in [0, 0.05) is 37.2 Å². The zero-order valence-corrected chi connectivity index (χ0v) is 20.9. The number of hydrogen-bond acceptors (Lipinski definition) is 7. The van der Waals surface area contributed by atoms with Crippen molar-refractivity contribution in [1.29, 1.82) is 0 Å². The van der Waals surface area contributed by atoms with E-state index in [0.29, 0.717) is 23.2 Å². The van der Waals surface area contributed by atoms with E-state index in [0.717, 1.165) is 17.0 Å². The Morgan fingerprint density at radius 2 is 1.87 bits per heavy atom. The van der Waals surface area contributed by atoms with E-state index in [4.69, 9.17) is 4.74 Å². The van der Waals surface area contributed by atoms with Gasteiger partial charge in [0.15, 0.2) is 0 Å². The largest absolute Gasteiger partial charge is 0.495 e. The highest BCUT2D eigenvalue weighted by Gasteiger charge is 2.35. The summed E-state index contributed by atoms with van der Waals surface area (Å²) in [7, 11) is -2.34. The lowest BCUT2D eigenvalue weighted by Crippen LogP contribution is -2.51. The summed E-state index contributed by atoms with van der Waals surface area (Å²) < 4.78 is 71.6. The molecule has 9 nitrogen and oxygen atoms in total. The molecule has 13 heteroatoms. The number of nitrogens with one attached hydrogen (secondary N) is 2. The number of sulfonamides is 1. The molecule has 0 saturated carbocycles. The Balaban J connectivity index is 1.28. The minimum atomic E-state index is -4.50. The maximum Gasteiger partial charge on any atom is 0.417 e. The molecule has 200 valence electrons. The number of nitrogens with zero attached hydrogens (tertiary/aromatic N) is 3. The topological polar surface area (TPSA) is 120 Å². The van der Waals surface area contributed by atoms with E-state index in [2.05, 4.69) is 20.3 Å². The molecule has 5 rings (SSSR count). The Hall–Kier alpha value is -3.68. The molecule has 0 spiro atoms. The summed E-state index contributed by atoms with van der Waals surface area (Å²) in [6, 6.07) is 9.68. The summed E-state index contributed by atoms with van der Waals surface area (Å²) in [6.07, 6.45) is -1.23. The summed E-state index contributed by atoms with van der Waals surface area (Å²) in [4.78, 5) is 11.2. The summed E-state index contributed by atoms with van der Waals surface area (Å²) in [5, 5.41) is 14.3. The van der Waals surface area contributed by atoms with Gasteiger partial charge in [-0.3, -0.25) is 0 Å². The van der Waals surface area contributed by atoms with Gasteiger partial charge in [-0.2, -0.15) is 17.5 Å². The maximum absolute atomic E-state index is 13.3. The van der Waals surface area contributed by atoms with Crippen molar-refractivity contribution in [3.63, 3.8) is 0 Å². The van der Waals surface area contributed by atoms with E-state index < -0.39 is 33.9 Å². The van der Waals surface area contributed by atoms with Gasteiger partial charge in [-0.25, -0.2) is 18.4 Å². The minimum absolute atomic E-state index is 0.0684. The molecule has 1 aromatic carbocycles. The number of pyridine rings is 2. The fourth-order valence-corrected chi connectivity index (χ4v) is 5.96. The van der Waals surface area contributed by atoms with Gasteiger partial charge >= 0.3 is 6.18 Å². The van der Waals surface area contributed by atoms with Crippen molar-refractivity contribution in [2.24, 2.45) is 0 Å². The zero-order chi connectivity index (χ0) is 27.1. The van der Waals surface area contributed by atoms with Crippen LogP contribution in [0.15, 0.2) is 66.0 Å². The molecule has 2 atom stereocenters. The van der Waals surface area contributed by atoms with Crippen LogP contribution in [0, 0.1) is 0 Å². The number of halogens is 3. The fourth-order valence-electron chi connectivity index (χ4n) is 4.49. The van der Waals surface area contributed by atoms with Gasteiger partial charge in [-0.1, -0.05) is 12.1 Å². The molecule has 1 aliphatic rings. The van der Waals surface area contributed by atoms with Gasteiger partial charge in [0.25, 0.3) is 0 Å². The summed E-state index contributed by atoms with van der Waals surface area (Å²) >= 11 is 0. The highest BCUT2D eigenvalue weighted by atomic mass is 32.2. The predicted molar refractivity (Wildman–Crippen MR) is 134 cm³/mol. The number of aliphatic hydroxyl groups excluding tert-OH is 1. The number of aliphatic hydroxyl groups is 1. The van der Waals surface area contributed by atoms with Crippen molar-refractivity contribution < 1.29 is 31.4 Å². The van der Waals surface area contributed by atoms with E-state index in [9.17, 15) is 26.7 Å². The molecule has 38 heavy (non-hydrogen) atoms. The number of fused-ring (bicyclic) bond motifs is 1. The van der Waals surface area contributed by atoms with Crippen LogP contribution in [-0.4, -0.2) is 65.1 Å². The predicted octanol–water partition coefficient (Wildman–Crippen LogP) is 3.89. The number of hydrogen-bond donors (Lipinski definition) is 3. The number of ether oxygens (including phenoxy) is 1. The number of H-pyrrole nitrogens is 1.